The summed E-state index contributed by atoms with van der Waals surface area (Å²) in [5.74, 6) is 0. The normalized spacial score (nSPS) is 28.5. The lowest BCUT2D eigenvalue weighted by Crippen LogP contribution is -2.05. The third-order valence-corrected chi connectivity index (χ3v) is 6.04. The smallest absolute Gasteiger partial charge is 0.0236 e. The Morgan fingerprint density at radius 2 is 1.58 bits per heavy atom. The van der Waals surface area contributed by atoms with Crippen LogP contribution >= 0.6 is 9.16 Å². The molecule has 0 saturated heterocycles. The van der Waals surface area contributed by atoms with Crippen LogP contribution in [0.5, 0.6) is 0 Å². The van der Waals surface area contributed by atoms with Gasteiger partial charge in [-0.1, -0.05) is 26.2 Å². The van der Waals surface area contributed by atoms with Crippen LogP contribution in [0.3, 0.4) is 0 Å². The summed E-state index contributed by atoms with van der Waals surface area (Å²) in [6.45, 7) is 6.98. The van der Waals surface area contributed by atoms with E-state index in [-0.39, 0.29) is 0 Å². The maximum absolute atomic E-state index is 2.54. The van der Waals surface area contributed by atoms with Crippen LogP contribution in [0.1, 0.15) is 33.6 Å². The SMILES string of the molecule is CC(C)(C)CCC1=C[SH]1(C)(C)C. The molecule has 12 heavy (non-hydrogen) atoms. The Morgan fingerprint density at radius 1 is 1.17 bits per heavy atom. The van der Waals surface area contributed by atoms with Crippen molar-refractivity contribution in [2.24, 2.45) is 5.41 Å². The summed E-state index contributed by atoms with van der Waals surface area (Å²) in [4.78, 5) is 1.77. The van der Waals surface area contributed by atoms with E-state index in [1.165, 1.54) is 12.8 Å². The highest BCUT2D eigenvalue weighted by molar-refractivity contribution is 8.58. The molecule has 0 aliphatic carbocycles. The molecule has 0 amide bonds. The highest BCUT2D eigenvalue weighted by Crippen LogP contribution is 2.82. The van der Waals surface area contributed by atoms with Crippen molar-refractivity contribution in [2.75, 3.05) is 18.8 Å². The predicted octanol–water partition coefficient (Wildman–Crippen LogP) is 3.63. The average Bonchev–Trinajstić information content (AvgIpc) is 2.26. The molecule has 0 N–H and O–H groups in total. The van der Waals surface area contributed by atoms with E-state index < -0.39 is 9.16 Å². The summed E-state index contributed by atoms with van der Waals surface area (Å²) < 4.78 is 0. The number of hydrogen-bond donors (Lipinski definition) is 1. The fourth-order valence-electron chi connectivity index (χ4n) is 1.46. The molecule has 1 rings (SSSR count). The number of rotatable bonds is 2. The summed E-state index contributed by atoms with van der Waals surface area (Å²) in [7, 11) is -1.25. The maximum Gasteiger partial charge on any atom is -0.0236 e. The average molecular weight is 188 g/mol. The molecule has 0 fully saturated rings. The molecule has 1 aliphatic heterocycles. The molecule has 1 aliphatic rings. The first-order valence-electron chi connectivity index (χ1n) is 4.82. The molecule has 0 radical (unpaired) electrons. The van der Waals surface area contributed by atoms with E-state index in [2.05, 4.69) is 44.9 Å². The van der Waals surface area contributed by atoms with Gasteiger partial charge >= 0.3 is 0 Å². The number of allylic oxidation sites excluding steroid dienone is 1. The van der Waals surface area contributed by atoms with Crippen molar-refractivity contribution in [2.45, 2.75) is 33.6 Å². The first kappa shape index (κ1) is 10.2. The zero-order chi connectivity index (χ0) is 9.65. The second-order valence-electron chi connectivity index (χ2n) is 6.60. The predicted molar refractivity (Wildman–Crippen MR) is 63.5 cm³/mol. The summed E-state index contributed by atoms with van der Waals surface area (Å²) in [5.41, 5.74) is 0.503. The number of thiol groups is 1. The Bertz CT molecular complexity index is 220. The molecule has 1 heterocycles. The van der Waals surface area contributed by atoms with E-state index in [0.29, 0.717) is 5.41 Å². The quantitative estimate of drug-likeness (QED) is 0.629. The second kappa shape index (κ2) is 2.31. The van der Waals surface area contributed by atoms with Crippen LogP contribution in [-0.4, -0.2) is 18.8 Å². The lowest BCUT2D eigenvalue weighted by Gasteiger charge is -2.33. The molecule has 0 unspecified atom stereocenters. The monoisotopic (exact) mass is 188 g/mol. The molecule has 0 bridgehead atoms. The Hall–Kier alpha value is 0.0900. The summed E-state index contributed by atoms with van der Waals surface area (Å²) in [5, 5.41) is 2.54. The van der Waals surface area contributed by atoms with Gasteiger partial charge in [0.15, 0.2) is 0 Å². The van der Waals surface area contributed by atoms with Crippen LogP contribution in [0.2, 0.25) is 0 Å². The maximum atomic E-state index is 2.54. The van der Waals surface area contributed by atoms with Crippen LogP contribution in [0.15, 0.2) is 10.3 Å². The van der Waals surface area contributed by atoms with Gasteiger partial charge < -0.3 is 0 Å². The minimum Gasteiger partial charge on any atom is -0.257 e. The first-order valence-corrected chi connectivity index (χ1v) is 8.47. The minimum absolute atomic E-state index is 0.503. The first-order chi connectivity index (χ1) is 5.09. The second-order valence-corrected chi connectivity index (χ2v) is 13.3. The van der Waals surface area contributed by atoms with Gasteiger partial charge in [0.25, 0.3) is 0 Å². The van der Waals surface area contributed by atoms with Crippen LogP contribution in [0.25, 0.3) is 0 Å². The molecule has 0 spiro atoms. The van der Waals surface area contributed by atoms with Gasteiger partial charge in [-0.15, -0.1) is 0 Å². The molecule has 0 saturated carbocycles. The highest BCUT2D eigenvalue weighted by atomic mass is 32.3. The van der Waals surface area contributed by atoms with E-state index >= 15 is 0 Å². The topological polar surface area (TPSA) is 0 Å². The van der Waals surface area contributed by atoms with Crippen molar-refractivity contribution in [3.63, 3.8) is 0 Å². The molecule has 0 aromatic carbocycles. The van der Waals surface area contributed by atoms with Gasteiger partial charge in [-0.05, 0) is 41.9 Å². The van der Waals surface area contributed by atoms with E-state index in [4.69, 9.17) is 0 Å². The van der Waals surface area contributed by atoms with Crippen LogP contribution < -0.4 is 0 Å². The molecular formula is C11H24S. The van der Waals surface area contributed by atoms with E-state index in [1.807, 2.05) is 0 Å². The fourth-order valence-corrected chi connectivity index (χ4v) is 4.53. The van der Waals surface area contributed by atoms with Gasteiger partial charge in [0.05, 0.1) is 0 Å². The van der Waals surface area contributed by atoms with Crippen molar-refractivity contribution in [1.82, 2.24) is 0 Å². The molecule has 0 atom stereocenters. The van der Waals surface area contributed by atoms with E-state index in [1.54, 1.807) is 4.91 Å². The summed E-state index contributed by atoms with van der Waals surface area (Å²) >= 11 is 0. The Kier molecular flexibility index (Phi) is 1.96. The molecule has 0 nitrogen and oxygen atoms in total. The Balaban J connectivity index is 2.35. The molecule has 74 valence electrons. The molecule has 0 aromatic heterocycles. The van der Waals surface area contributed by atoms with Gasteiger partial charge in [0, 0.05) is 0 Å². The van der Waals surface area contributed by atoms with Gasteiger partial charge in [-0.25, -0.2) is 0 Å². The summed E-state index contributed by atoms with van der Waals surface area (Å²) in [6.07, 6.45) is 10.0. The number of hydrogen-bond acceptors (Lipinski definition) is 0. The summed E-state index contributed by atoms with van der Waals surface area (Å²) in [6, 6.07) is 0. The molecule has 0 aromatic rings. The van der Waals surface area contributed by atoms with Crippen molar-refractivity contribution in [3.8, 4) is 0 Å². The lowest BCUT2D eigenvalue weighted by atomic mass is 9.91. The lowest BCUT2D eigenvalue weighted by molar-refractivity contribution is 0.381. The van der Waals surface area contributed by atoms with Crippen molar-refractivity contribution in [1.29, 1.82) is 0 Å². The Morgan fingerprint density at radius 3 is 1.83 bits per heavy atom. The van der Waals surface area contributed by atoms with E-state index in [9.17, 15) is 0 Å². The standard InChI is InChI=1S/C11H24S/c1-11(2,3)8-7-10-9-12(10,4,5)6/h9,12H,7-8H2,1-6H3. The van der Waals surface area contributed by atoms with Gasteiger partial charge in [-0.2, -0.15) is 0 Å². The molecular weight excluding hydrogens is 164 g/mol. The zero-order valence-electron chi connectivity index (χ0n) is 9.44. The molecule has 1 heteroatoms. The van der Waals surface area contributed by atoms with Gasteiger partial charge in [-0.3, -0.25) is 9.16 Å². The van der Waals surface area contributed by atoms with E-state index in [0.717, 1.165) is 0 Å². The van der Waals surface area contributed by atoms with Gasteiger partial charge in [0.1, 0.15) is 0 Å². The largest absolute Gasteiger partial charge is 0.257 e. The third-order valence-electron chi connectivity index (χ3n) is 2.69. The van der Waals surface area contributed by atoms with Crippen LogP contribution in [0.4, 0.5) is 0 Å². The minimum atomic E-state index is -1.25. The van der Waals surface area contributed by atoms with Crippen molar-refractivity contribution >= 4 is 9.16 Å². The van der Waals surface area contributed by atoms with Crippen LogP contribution in [0, 0.1) is 5.41 Å². The Labute approximate surface area is 77.7 Å². The highest BCUT2D eigenvalue weighted by Gasteiger charge is 2.39. The van der Waals surface area contributed by atoms with Gasteiger partial charge in [0.2, 0.25) is 0 Å². The van der Waals surface area contributed by atoms with Crippen molar-refractivity contribution in [3.05, 3.63) is 10.3 Å². The zero-order valence-corrected chi connectivity index (χ0v) is 10.3. The third kappa shape index (κ3) is 2.55. The van der Waals surface area contributed by atoms with Crippen LogP contribution in [-0.2, 0) is 0 Å². The fraction of sp³-hybridized carbons (Fsp3) is 0.818. The van der Waals surface area contributed by atoms with Crippen molar-refractivity contribution < 1.29 is 0 Å².